The van der Waals surface area contributed by atoms with Crippen LogP contribution < -0.4 is 9.64 Å². The van der Waals surface area contributed by atoms with Crippen molar-refractivity contribution in [3.8, 4) is 16.2 Å². The lowest BCUT2D eigenvalue weighted by atomic mass is 10.1. The number of fused-ring (bicyclic) bond motifs is 3. The first kappa shape index (κ1) is 20.4. The summed E-state index contributed by atoms with van der Waals surface area (Å²) in [6.45, 7) is 2.76. The minimum absolute atomic E-state index is 0.0244. The van der Waals surface area contributed by atoms with Gasteiger partial charge in [-0.2, -0.15) is 0 Å². The van der Waals surface area contributed by atoms with Crippen LogP contribution in [0.3, 0.4) is 0 Å². The number of amides is 1. The molecule has 6 nitrogen and oxygen atoms in total. The number of anilines is 1. The van der Waals surface area contributed by atoms with Crippen LogP contribution in [0.1, 0.15) is 15.2 Å². The van der Waals surface area contributed by atoms with Gasteiger partial charge in [-0.25, -0.2) is 0 Å². The molecule has 2 aliphatic rings. The molecular formula is C23H22N2O4S2-2. The highest BCUT2D eigenvalue weighted by atomic mass is 32.3. The van der Waals surface area contributed by atoms with Crippen LogP contribution in [0.5, 0.6) is 5.75 Å². The van der Waals surface area contributed by atoms with Crippen LogP contribution in [0.15, 0.2) is 59.5 Å². The molecule has 2 aromatic carbocycles. The van der Waals surface area contributed by atoms with Crippen LogP contribution >= 0.6 is 21.9 Å². The van der Waals surface area contributed by atoms with Gasteiger partial charge in [0.2, 0.25) is 0 Å². The van der Waals surface area contributed by atoms with E-state index in [9.17, 15) is 13.9 Å². The summed E-state index contributed by atoms with van der Waals surface area (Å²) in [7, 11) is -1.72. The summed E-state index contributed by atoms with van der Waals surface area (Å²) < 4.78 is 30.5. The van der Waals surface area contributed by atoms with E-state index >= 15 is 0 Å². The van der Waals surface area contributed by atoms with Crippen LogP contribution in [-0.2, 0) is 5.75 Å². The van der Waals surface area contributed by atoms with E-state index in [2.05, 4.69) is 4.90 Å². The van der Waals surface area contributed by atoms with Gasteiger partial charge >= 0.3 is 0 Å². The minimum Gasteiger partial charge on any atom is -0.796 e. The van der Waals surface area contributed by atoms with Crippen molar-refractivity contribution in [1.82, 2.24) is 4.90 Å². The van der Waals surface area contributed by atoms with E-state index in [1.54, 1.807) is 25.3 Å². The number of ether oxygens (including phenoxy) is 1. The van der Waals surface area contributed by atoms with E-state index in [0.717, 1.165) is 35.0 Å². The van der Waals surface area contributed by atoms with Crippen LogP contribution in [0.2, 0.25) is 0 Å². The van der Waals surface area contributed by atoms with Gasteiger partial charge in [0.15, 0.2) is 0 Å². The second-order valence-electron chi connectivity index (χ2n) is 7.70. The van der Waals surface area contributed by atoms with Gasteiger partial charge in [0, 0.05) is 48.1 Å². The zero-order valence-electron chi connectivity index (χ0n) is 17.1. The van der Waals surface area contributed by atoms with Crippen molar-refractivity contribution >= 4 is 33.5 Å². The average molecular weight is 455 g/mol. The number of carbonyl (C=O) groups excluding carboxylic acids is 1. The summed E-state index contributed by atoms with van der Waals surface area (Å²) in [5, 5.41) is 0. The Bertz CT molecular complexity index is 1120. The number of hydrogen-bond donors (Lipinski definition) is 0. The summed E-state index contributed by atoms with van der Waals surface area (Å²) in [6.07, 6.45) is 0. The Labute approximate surface area is 187 Å². The number of rotatable bonds is 3. The predicted octanol–water partition coefficient (Wildman–Crippen LogP) is 4.32. The normalized spacial score (nSPS) is 18.2. The molecule has 162 valence electrons. The molecule has 2 aliphatic heterocycles. The molecule has 0 unspecified atom stereocenters. The Morgan fingerprint density at radius 1 is 1.03 bits per heavy atom. The number of methoxy groups -OCH3 is 1. The van der Waals surface area contributed by atoms with Gasteiger partial charge in [0.05, 0.1) is 12.0 Å². The van der Waals surface area contributed by atoms with E-state index < -0.39 is 10.6 Å². The first-order valence-corrected chi connectivity index (χ1v) is 12.6. The summed E-state index contributed by atoms with van der Waals surface area (Å²) >= 11 is 1.40. The van der Waals surface area contributed by atoms with Crippen molar-refractivity contribution in [2.45, 2.75) is 10.6 Å². The predicted molar refractivity (Wildman–Crippen MR) is 122 cm³/mol. The van der Waals surface area contributed by atoms with Crippen LogP contribution in [-0.4, -0.2) is 53.2 Å². The zero-order chi connectivity index (χ0) is 21.6. The second-order valence-corrected chi connectivity index (χ2v) is 10.7. The first-order valence-electron chi connectivity index (χ1n) is 10.1. The SMILES string of the molecule is COc1ccc(N2CCN(C(=O)c3cc4c(s3)-c3ccccc3S([O-])([O-])C4)CC2)cc1. The molecular weight excluding hydrogens is 432 g/mol. The Kier molecular flexibility index (Phi) is 5.18. The molecule has 1 aromatic heterocycles. The molecule has 0 radical (unpaired) electrons. The number of benzene rings is 2. The topological polar surface area (TPSA) is 78.9 Å². The van der Waals surface area contributed by atoms with E-state index in [0.29, 0.717) is 28.4 Å². The van der Waals surface area contributed by atoms with Gasteiger partial charge in [-0.1, -0.05) is 18.2 Å². The third-order valence-corrected chi connectivity index (χ3v) is 8.75. The number of hydrogen-bond acceptors (Lipinski definition) is 6. The molecule has 0 saturated carbocycles. The van der Waals surface area contributed by atoms with E-state index in [-0.39, 0.29) is 11.7 Å². The fraction of sp³-hybridized carbons (Fsp3) is 0.261. The molecule has 0 atom stereocenters. The number of nitrogens with zero attached hydrogens (tertiary/aromatic N) is 2. The molecule has 1 amide bonds. The fourth-order valence-electron chi connectivity index (χ4n) is 4.19. The standard InChI is InChI=1S/C23H24N2O4S2/c1-29-18-8-6-17(7-9-18)24-10-12-25(13-11-24)23(26)20-14-16-15-31(27,28)21-5-3-2-4-19(21)22(16)30-20/h2-9,14,27-28H,10-13,15H2,1H3/p-2. The molecule has 1 saturated heterocycles. The van der Waals surface area contributed by atoms with Crippen molar-refractivity contribution in [2.75, 3.05) is 38.2 Å². The molecule has 8 heteroatoms. The maximum atomic E-state index is 13.2. The van der Waals surface area contributed by atoms with Gasteiger partial charge in [-0.15, -0.1) is 11.3 Å². The summed E-state index contributed by atoms with van der Waals surface area (Å²) in [6, 6.07) is 16.8. The smallest absolute Gasteiger partial charge is 0.264 e. The third-order valence-electron chi connectivity index (χ3n) is 5.84. The molecule has 3 heterocycles. The summed E-state index contributed by atoms with van der Waals surface area (Å²) in [5.74, 6) is 0.750. The minimum atomic E-state index is -3.37. The Morgan fingerprint density at radius 2 is 1.74 bits per heavy atom. The van der Waals surface area contributed by atoms with Crippen molar-refractivity contribution in [1.29, 1.82) is 0 Å². The highest BCUT2D eigenvalue weighted by molar-refractivity contribution is 8.23. The maximum Gasteiger partial charge on any atom is 0.264 e. The lowest BCUT2D eigenvalue weighted by molar-refractivity contribution is 0.0751. The highest BCUT2D eigenvalue weighted by Crippen LogP contribution is 2.60. The number of thiophene rings is 1. The first-order chi connectivity index (χ1) is 15.0. The lowest BCUT2D eigenvalue weighted by Crippen LogP contribution is -2.48. The lowest BCUT2D eigenvalue weighted by Gasteiger charge is -2.62. The van der Waals surface area contributed by atoms with Crippen LogP contribution in [0.4, 0.5) is 5.69 Å². The average Bonchev–Trinajstić information content (AvgIpc) is 3.22. The zero-order valence-corrected chi connectivity index (χ0v) is 18.7. The Hall–Kier alpha value is -2.52. The van der Waals surface area contributed by atoms with E-state index in [1.165, 1.54) is 11.3 Å². The summed E-state index contributed by atoms with van der Waals surface area (Å²) in [5.41, 5.74) is 2.54. The molecule has 0 N–H and O–H groups in total. The molecule has 3 aromatic rings. The highest BCUT2D eigenvalue weighted by Gasteiger charge is 2.27. The molecule has 31 heavy (non-hydrogen) atoms. The quantitative estimate of drug-likeness (QED) is 0.589. The fourth-order valence-corrected chi connectivity index (χ4v) is 7.12. The Balaban J connectivity index is 1.32. The maximum absolute atomic E-state index is 13.2. The monoisotopic (exact) mass is 454 g/mol. The number of sulfone groups is 1. The summed E-state index contributed by atoms with van der Waals surface area (Å²) in [4.78, 5) is 19.1. The molecule has 5 rings (SSSR count). The molecule has 0 bridgehead atoms. The molecule has 1 fully saturated rings. The second kappa shape index (κ2) is 7.87. The van der Waals surface area contributed by atoms with Gasteiger partial charge in [0.25, 0.3) is 5.91 Å². The molecule has 0 spiro atoms. The van der Waals surface area contributed by atoms with Crippen LogP contribution in [0.25, 0.3) is 10.4 Å². The van der Waals surface area contributed by atoms with Crippen molar-refractivity contribution in [2.24, 2.45) is 0 Å². The van der Waals surface area contributed by atoms with Crippen molar-refractivity contribution in [3.63, 3.8) is 0 Å². The number of piperazine rings is 1. The van der Waals surface area contributed by atoms with Crippen molar-refractivity contribution < 1.29 is 18.6 Å². The van der Waals surface area contributed by atoms with Gasteiger partial charge in [-0.05, 0) is 46.9 Å². The number of carbonyl (C=O) groups is 1. The van der Waals surface area contributed by atoms with Gasteiger partial charge in [0.1, 0.15) is 5.75 Å². The van der Waals surface area contributed by atoms with E-state index in [4.69, 9.17) is 4.74 Å². The van der Waals surface area contributed by atoms with E-state index in [1.807, 2.05) is 41.3 Å². The van der Waals surface area contributed by atoms with Gasteiger partial charge < -0.3 is 34.2 Å². The van der Waals surface area contributed by atoms with Gasteiger partial charge in [-0.3, -0.25) is 4.79 Å². The Morgan fingerprint density at radius 3 is 2.45 bits per heavy atom. The third kappa shape index (κ3) is 3.70. The largest absolute Gasteiger partial charge is 0.796 e. The van der Waals surface area contributed by atoms with Crippen LogP contribution in [0, 0.1) is 0 Å². The molecule has 0 aliphatic carbocycles. The van der Waals surface area contributed by atoms with Crippen molar-refractivity contribution in [3.05, 3.63) is 65.0 Å².